The van der Waals surface area contributed by atoms with Gasteiger partial charge < -0.3 is 4.43 Å². The van der Waals surface area contributed by atoms with Crippen LogP contribution in [0.25, 0.3) is 0 Å². The zero-order valence-corrected chi connectivity index (χ0v) is 26.4. The maximum absolute atomic E-state index is 13.5. The average molecular weight is 544 g/mol. The van der Waals surface area contributed by atoms with Crippen molar-refractivity contribution >= 4 is 24.1 Å². The summed E-state index contributed by atoms with van der Waals surface area (Å²) in [5, 5.41) is 0. The van der Waals surface area contributed by atoms with Crippen LogP contribution in [0.2, 0.25) is 16.6 Å². The van der Waals surface area contributed by atoms with E-state index in [0.717, 1.165) is 30.6 Å². The van der Waals surface area contributed by atoms with E-state index >= 15 is 0 Å². The van der Waals surface area contributed by atoms with Crippen LogP contribution >= 0.6 is 0 Å². The van der Waals surface area contributed by atoms with Gasteiger partial charge in [0.2, 0.25) is 0 Å². The second-order valence-corrected chi connectivity index (χ2v) is 18.6. The van der Waals surface area contributed by atoms with Gasteiger partial charge in [0.25, 0.3) is 18.3 Å². The molecule has 0 radical (unpaired) electrons. The lowest BCUT2D eigenvalue weighted by Crippen LogP contribution is -2.47. The van der Waals surface area contributed by atoms with Crippen LogP contribution in [0.3, 0.4) is 0 Å². The van der Waals surface area contributed by atoms with Crippen molar-refractivity contribution in [2.45, 2.75) is 122 Å². The lowest BCUT2D eigenvalue weighted by Gasteiger charge is -2.43. The topological polar surface area (TPSA) is 55.7 Å². The molecule has 0 spiro atoms. The van der Waals surface area contributed by atoms with Crippen molar-refractivity contribution in [3.8, 4) is 12.3 Å². The number of sulfonamides is 1. The first kappa shape index (κ1) is 31.4. The number of nitrogens with zero attached hydrogens (tertiary/aromatic N) is 1. The summed E-state index contributed by atoms with van der Waals surface area (Å²) in [5.41, 5.74) is 2.22. The Bertz CT molecular complexity index is 1090. The minimum Gasteiger partial charge on any atom is -0.546 e. The van der Waals surface area contributed by atoms with Crippen molar-refractivity contribution in [1.29, 1.82) is 0 Å². The Hall–Kier alpha value is -1.84. The molecular formula is C31H49NO3SSi. The van der Waals surface area contributed by atoms with Gasteiger partial charge in [0, 0.05) is 12.3 Å². The van der Waals surface area contributed by atoms with Crippen LogP contribution in [0.5, 0.6) is 0 Å². The Kier molecular flexibility index (Phi) is 10.9. The predicted molar refractivity (Wildman–Crippen MR) is 160 cm³/mol. The van der Waals surface area contributed by atoms with E-state index in [2.05, 4.69) is 71.8 Å². The highest BCUT2D eigenvalue weighted by molar-refractivity contribution is 7.90. The maximum atomic E-state index is 13.5. The predicted octanol–water partition coefficient (Wildman–Crippen LogP) is 8.83. The summed E-state index contributed by atoms with van der Waals surface area (Å²) >= 11 is 0. The number of aryl methyl sites for hydroxylation is 1. The molecule has 2 rings (SSSR count). The molecule has 0 saturated carbocycles. The first-order valence-corrected chi connectivity index (χ1v) is 17.7. The van der Waals surface area contributed by atoms with Crippen molar-refractivity contribution in [1.82, 2.24) is 0 Å². The summed E-state index contributed by atoms with van der Waals surface area (Å²) in [6, 6.07) is 6.88. The third kappa shape index (κ3) is 6.60. The fraction of sp³-hybridized carbons (Fsp3) is 0.645. The molecule has 0 fully saturated rings. The normalized spacial score (nSPS) is 22.3. The third-order valence-corrected chi connectivity index (χ3v) is 15.6. The van der Waals surface area contributed by atoms with Crippen LogP contribution in [0.4, 0.5) is 0 Å². The highest BCUT2D eigenvalue weighted by Crippen LogP contribution is 2.48. The summed E-state index contributed by atoms with van der Waals surface area (Å²) in [7, 11) is -6.06. The molecule has 0 aromatic heterocycles. The third-order valence-electron chi connectivity index (χ3n) is 8.21. The van der Waals surface area contributed by atoms with E-state index in [1.165, 1.54) is 0 Å². The standard InChI is InChI=1S/C31H49NO3SSi/c1-11-14-27-22-28(35-37(23(4)5,24(6)7)25(8)9)17-20-30(31(27,13-3)21-12-2)32-36(33,34)29-18-15-26(10)16-19-29/h3,15-16,18-19,22-25,27H,11-12,14,17,20-21H2,1-2,4-10H3/b32-30+/t27-,31-/m0/s1. The molecule has 0 unspecified atom stereocenters. The number of benzene rings is 1. The zero-order chi connectivity index (χ0) is 28.0. The highest BCUT2D eigenvalue weighted by Gasteiger charge is 2.49. The fourth-order valence-electron chi connectivity index (χ4n) is 6.46. The molecule has 1 aromatic carbocycles. The van der Waals surface area contributed by atoms with E-state index in [-0.39, 0.29) is 10.8 Å². The fourth-order valence-corrected chi connectivity index (χ4v) is 12.9. The molecule has 206 valence electrons. The molecule has 0 heterocycles. The van der Waals surface area contributed by atoms with Gasteiger partial charge in [-0.05, 0) is 61.0 Å². The SMILES string of the molecule is C#C[C@@]1(CCC)/C(=N/S(=O)(=O)c2ccc(C)cc2)CCC(O[Si](C(C)C)(C(C)C)C(C)C)=C[C@@H]1CCC. The molecule has 0 N–H and O–H groups in total. The molecule has 4 nitrogen and oxygen atoms in total. The van der Waals surface area contributed by atoms with E-state index in [4.69, 9.17) is 10.8 Å². The lowest BCUT2D eigenvalue weighted by molar-refractivity contribution is 0.328. The van der Waals surface area contributed by atoms with Gasteiger partial charge in [0.05, 0.1) is 21.8 Å². The van der Waals surface area contributed by atoms with Crippen LogP contribution < -0.4 is 0 Å². The largest absolute Gasteiger partial charge is 0.546 e. The van der Waals surface area contributed by atoms with Gasteiger partial charge in [-0.1, -0.05) is 91.8 Å². The number of hydrogen-bond donors (Lipinski definition) is 0. The summed E-state index contributed by atoms with van der Waals surface area (Å²) < 4.78 is 38.6. The Morgan fingerprint density at radius 3 is 2.05 bits per heavy atom. The average Bonchev–Trinajstić information content (AvgIpc) is 2.94. The van der Waals surface area contributed by atoms with Gasteiger partial charge >= 0.3 is 0 Å². The monoisotopic (exact) mass is 543 g/mol. The lowest BCUT2D eigenvalue weighted by atomic mass is 9.67. The summed E-state index contributed by atoms with van der Waals surface area (Å²) in [6.07, 6.45) is 13.0. The van der Waals surface area contributed by atoms with Crippen LogP contribution in [0, 0.1) is 30.6 Å². The number of allylic oxidation sites excluding steroid dienone is 2. The van der Waals surface area contributed by atoms with Crippen LogP contribution in [0.1, 0.15) is 99.5 Å². The molecule has 1 aliphatic rings. The smallest absolute Gasteiger partial charge is 0.282 e. The van der Waals surface area contributed by atoms with Crippen molar-refractivity contribution in [3.05, 3.63) is 41.7 Å². The van der Waals surface area contributed by atoms with Gasteiger partial charge in [-0.2, -0.15) is 12.8 Å². The van der Waals surface area contributed by atoms with Crippen molar-refractivity contribution in [2.24, 2.45) is 15.7 Å². The Balaban J connectivity index is 2.70. The molecule has 0 saturated heterocycles. The van der Waals surface area contributed by atoms with Gasteiger partial charge in [0.1, 0.15) is 0 Å². The van der Waals surface area contributed by atoms with Gasteiger partial charge in [-0.25, -0.2) is 0 Å². The minimum absolute atomic E-state index is 0.0231. The van der Waals surface area contributed by atoms with Gasteiger partial charge in [-0.15, -0.1) is 6.42 Å². The van der Waals surface area contributed by atoms with E-state index in [1.807, 2.05) is 19.1 Å². The minimum atomic E-state index is -3.89. The van der Waals surface area contributed by atoms with Crippen LogP contribution in [0.15, 0.2) is 45.4 Å². The van der Waals surface area contributed by atoms with E-state index in [1.54, 1.807) is 12.1 Å². The van der Waals surface area contributed by atoms with Gasteiger partial charge in [-0.3, -0.25) is 0 Å². The quantitative estimate of drug-likeness (QED) is 0.207. The first-order chi connectivity index (χ1) is 17.3. The molecular weight excluding hydrogens is 494 g/mol. The Labute approximate surface area is 228 Å². The molecule has 0 amide bonds. The maximum Gasteiger partial charge on any atom is 0.282 e. The number of rotatable bonds is 11. The zero-order valence-electron chi connectivity index (χ0n) is 24.6. The number of hydrogen-bond acceptors (Lipinski definition) is 3. The van der Waals surface area contributed by atoms with E-state index < -0.39 is 23.8 Å². The second kappa shape index (κ2) is 12.8. The molecule has 1 aromatic rings. The Morgan fingerprint density at radius 1 is 1.03 bits per heavy atom. The van der Waals surface area contributed by atoms with Crippen molar-refractivity contribution in [2.75, 3.05) is 0 Å². The highest BCUT2D eigenvalue weighted by atomic mass is 32.2. The van der Waals surface area contributed by atoms with Crippen molar-refractivity contribution < 1.29 is 12.8 Å². The van der Waals surface area contributed by atoms with E-state index in [0.29, 0.717) is 41.6 Å². The van der Waals surface area contributed by atoms with Crippen LogP contribution in [-0.4, -0.2) is 22.4 Å². The molecule has 1 aliphatic carbocycles. The summed E-state index contributed by atoms with van der Waals surface area (Å²) in [4.78, 5) is 0.208. The molecule has 0 aliphatic heterocycles. The summed E-state index contributed by atoms with van der Waals surface area (Å²) in [5.74, 6) is 4.05. The van der Waals surface area contributed by atoms with Crippen molar-refractivity contribution in [3.63, 3.8) is 0 Å². The molecule has 2 atom stereocenters. The molecule has 37 heavy (non-hydrogen) atoms. The second-order valence-electron chi connectivity index (χ2n) is 11.6. The van der Waals surface area contributed by atoms with Crippen LogP contribution in [-0.2, 0) is 14.4 Å². The van der Waals surface area contributed by atoms with E-state index in [9.17, 15) is 8.42 Å². The number of terminal acetylenes is 1. The molecule has 0 bridgehead atoms. The Morgan fingerprint density at radius 2 is 1.59 bits per heavy atom. The molecule has 6 heteroatoms. The summed E-state index contributed by atoms with van der Waals surface area (Å²) in [6.45, 7) is 19.9. The first-order valence-electron chi connectivity index (χ1n) is 14.1. The van der Waals surface area contributed by atoms with Gasteiger partial charge in [0.15, 0.2) is 0 Å².